The van der Waals surface area contributed by atoms with Crippen molar-refractivity contribution in [2.75, 3.05) is 7.05 Å². The molecule has 4 nitrogen and oxygen atoms in total. The van der Waals surface area contributed by atoms with Gasteiger partial charge in [-0.25, -0.2) is 0 Å². The van der Waals surface area contributed by atoms with Crippen molar-refractivity contribution in [2.45, 2.75) is 40.7 Å². The first kappa shape index (κ1) is 14.3. The summed E-state index contributed by atoms with van der Waals surface area (Å²) in [6.45, 7) is 0. The Morgan fingerprint density at radius 2 is 2.00 bits per heavy atom. The second-order valence-electron chi connectivity index (χ2n) is 4.16. The van der Waals surface area contributed by atoms with Crippen LogP contribution in [0.4, 0.5) is 13.2 Å². The lowest BCUT2D eigenvalue weighted by Crippen LogP contribution is -2.55. The number of fused-ring (bicyclic) bond motifs is 1. The third-order valence-electron chi connectivity index (χ3n) is 2.85. The van der Waals surface area contributed by atoms with Gasteiger partial charge in [-0.1, -0.05) is 11.8 Å². The molecule has 18 heavy (non-hydrogen) atoms. The summed E-state index contributed by atoms with van der Waals surface area (Å²) in [5.41, 5.74) is 0. The van der Waals surface area contributed by atoms with Crippen LogP contribution in [0.15, 0.2) is 4.99 Å². The molecular formula is C9H13F3N2O2S2. The SMILES string of the molecule is CN=C1NC2C(S1)SC(CC(F)(F)F)C(O)C2O. The number of amidine groups is 1. The van der Waals surface area contributed by atoms with Crippen molar-refractivity contribution in [2.24, 2.45) is 4.99 Å². The molecule has 2 saturated heterocycles. The van der Waals surface area contributed by atoms with Gasteiger partial charge in [0.1, 0.15) is 6.10 Å². The smallest absolute Gasteiger partial charge is 0.389 e. The number of alkyl halides is 3. The molecule has 0 aromatic carbocycles. The first-order valence-electron chi connectivity index (χ1n) is 5.30. The van der Waals surface area contributed by atoms with Gasteiger partial charge in [0.05, 0.1) is 23.1 Å². The maximum atomic E-state index is 12.4. The van der Waals surface area contributed by atoms with Gasteiger partial charge >= 0.3 is 6.18 Å². The molecule has 2 fully saturated rings. The van der Waals surface area contributed by atoms with E-state index in [0.717, 1.165) is 11.8 Å². The highest BCUT2D eigenvalue weighted by molar-refractivity contribution is 8.25. The number of nitrogens with one attached hydrogen (secondary N) is 1. The van der Waals surface area contributed by atoms with Gasteiger partial charge in [0, 0.05) is 12.3 Å². The molecule has 0 aromatic rings. The Morgan fingerprint density at radius 1 is 1.33 bits per heavy atom. The molecule has 9 heteroatoms. The molecule has 2 rings (SSSR count). The highest BCUT2D eigenvalue weighted by atomic mass is 32.2. The fourth-order valence-corrected chi connectivity index (χ4v) is 5.17. The van der Waals surface area contributed by atoms with Gasteiger partial charge in [-0.2, -0.15) is 13.2 Å². The third kappa shape index (κ3) is 2.89. The number of hydrogen-bond acceptors (Lipinski definition) is 5. The van der Waals surface area contributed by atoms with Crippen molar-refractivity contribution < 1.29 is 23.4 Å². The van der Waals surface area contributed by atoms with E-state index in [-0.39, 0.29) is 4.58 Å². The Hall–Kier alpha value is -0.120. The van der Waals surface area contributed by atoms with Gasteiger partial charge in [-0.05, 0) is 0 Å². The zero-order valence-corrected chi connectivity index (χ0v) is 11.0. The molecule has 3 N–H and O–H groups in total. The normalized spacial score (nSPS) is 42.8. The van der Waals surface area contributed by atoms with Gasteiger partial charge in [0.2, 0.25) is 0 Å². The quantitative estimate of drug-likeness (QED) is 0.668. The van der Waals surface area contributed by atoms with E-state index < -0.39 is 36.1 Å². The first-order chi connectivity index (χ1) is 8.31. The Kier molecular flexibility index (Phi) is 4.05. The minimum absolute atomic E-state index is 0.255. The topological polar surface area (TPSA) is 64.9 Å². The maximum Gasteiger partial charge on any atom is 0.390 e. The number of hydrogen-bond donors (Lipinski definition) is 3. The van der Waals surface area contributed by atoms with E-state index >= 15 is 0 Å². The molecule has 0 saturated carbocycles. The van der Waals surface area contributed by atoms with Crippen molar-refractivity contribution in [3.8, 4) is 0 Å². The zero-order valence-electron chi connectivity index (χ0n) is 9.39. The van der Waals surface area contributed by atoms with E-state index in [4.69, 9.17) is 0 Å². The molecule has 0 aliphatic carbocycles. The van der Waals surface area contributed by atoms with Crippen LogP contribution in [0.3, 0.4) is 0 Å². The Morgan fingerprint density at radius 3 is 2.56 bits per heavy atom. The predicted molar refractivity (Wildman–Crippen MR) is 65.7 cm³/mol. The maximum absolute atomic E-state index is 12.4. The summed E-state index contributed by atoms with van der Waals surface area (Å²) in [7, 11) is 1.56. The highest BCUT2D eigenvalue weighted by Crippen LogP contribution is 2.45. The average Bonchev–Trinajstić information content (AvgIpc) is 2.67. The monoisotopic (exact) mass is 302 g/mol. The first-order valence-corrected chi connectivity index (χ1v) is 7.12. The molecule has 0 radical (unpaired) electrons. The largest absolute Gasteiger partial charge is 0.390 e. The summed E-state index contributed by atoms with van der Waals surface area (Å²) < 4.78 is 36.9. The number of halogens is 3. The number of aliphatic hydroxyl groups excluding tert-OH is 2. The molecule has 2 aliphatic rings. The van der Waals surface area contributed by atoms with Crippen molar-refractivity contribution in [1.82, 2.24) is 5.32 Å². The number of nitrogens with zero attached hydrogens (tertiary/aromatic N) is 1. The van der Waals surface area contributed by atoms with Crippen LogP contribution in [0.5, 0.6) is 0 Å². The van der Waals surface area contributed by atoms with Gasteiger partial charge in [-0.3, -0.25) is 4.99 Å². The lowest BCUT2D eigenvalue weighted by Gasteiger charge is -2.38. The molecular weight excluding hydrogens is 289 g/mol. The van der Waals surface area contributed by atoms with Crippen LogP contribution < -0.4 is 5.32 Å². The summed E-state index contributed by atoms with van der Waals surface area (Å²) in [6, 6.07) is -0.460. The highest BCUT2D eigenvalue weighted by Gasteiger charge is 2.50. The molecule has 2 heterocycles. The van der Waals surface area contributed by atoms with Crippen molar-refractivity contribution in [3.05, 3.63) is 0 Å². The van der Waals surface area contributed by atoms with E-state index in [2.05, 4.69) is 10.3 Å². The fraction of sp³-hybridized carbons (Fsp3) is 0.889. The lowest BCUT2D eigenvalue weighted by atomic mass is 10.0. The third-order valence-corrected chi connectivity index (χ3v) is 5.88. The number of rotatable bonds is 1. The van der Waals surface area contributed by atoms with Gasteiger partial charge < -0.3 is 15.5 Å². The van der Waals surface area contributed by atoms with Crippen LogP contribution in [0, 0.1) is 0 Å². The van der Waals surface area contributed by atoms with E-state index in [9.17, 15) is 23.4 Å². The molecule has 0 bridgehead atoms. The molecule has 104 valence electrons. The second-order valence-corrected chi connectivity index (χ2v) is 6.97. The van der Waals surface area contributed by atoms with Gasteiger partial charge in [0.25, 0.3) is 0 Å². The standard InChI is InChI=1S/C9H13F3N2O2S2/c1-13-8-14-4-6(16)5(15)3(2-9(10,11)12)17-7(4)18-8/h3-7,15-16H,2H2,1H3,(H,13,14). The van der Waals surface area contributed by atoms with Crippen LogP contribution >= 0.6 is 23.5 Å². The van der Waals surface area contributed by atoms with Crippen LogP contribution in [0.1, 0.15) is 6.42 Å². The number of aliphatic imine (C=N–C) groups is 1. The Labute approximate surface area is 110 Å². The summed E-state index contributed by atoms with van der Waals surface area (Å²) in [5.74, 6) is 0. The summed E-state index contributed by atoms with van der Waals surface area (Å²) in [4.78, 5) is 3.91. The van der Waals surface area contributed by atoms with E-state index in [1.807, 2.05) is 0 Å². The van der Waals surface area contributed by atoms with E-state index in [1.54, 1.807) is 7.05 Å². The van der Waals surface area contributed by atoms with Crippen molar-refractivity contribution in [3.63, 3.8) is 0 Å². The fourth-order valence-electron chi connectivity index (χ4n) is 1.99. The van der Waals surface area contributed by atoms with Crippen LogP contribution in [0.25, 0.3) is 0 Å². The Balaban J connectivity index is 2.10. The Bertz CT molecular complexity index is 353. The van der Waals surface area contributed by atoms with E-state index in [0.29, 0.717) is 5.17 Å². The molecule has 0 aromatic heterocycles. The number of aliphatic hydroxyl groups is 2. The van der Waals surface area contributed by atoms with Gasteiger partial charge in [-0.15, -0.1) is 11.8 Å². The molecule has 2 aliphatic heterocycles. The summed E-state index contributed by atoms with van der Waals surface area (Å²) in [6.07, 6.45) is -8.04. The van der Waals surface area contributed by atoms with Crippen LogP contribution in [-0.4, -0.2) is 56.7 Å². The van der Waals surface area contributed by atoms with Crippen LogP contribution in [0.2, 0.25) is 0 Å². The molecule has 5 unspecified atom stereocenters. The summed E-state index contributed by atoms with van der Waals surface area (Å²) >= 11 is 2.34. The second kappa shape index (κ2) is 5.10. The summed E-state index contributed by atoms with van der Waals surface area (Å²) in [5, 5.41) is 22.1. The van der Waals surface area contributed by atoms with Gasteiger partial charge in [0.15, 0.2) is 5.17 Å². The minimum atomic E-state index is -4.34. The van der Waals surface area contributed by atoms with Crippen LogP contribution in [-0.2, 0) is 0 Å². The molecule has 0 spiro atoms. The van der Waals surface area contributed by atoms with Crippen molar-refractivity contribution >= 4 is 28.7 Å². The van der Waals surface area contributed by atoms with Crippen molar-refractivity contribution in [1.29, 1.82) is 0 Å². The predicted octanol–water partition coefficient (Wildman–Crippen LogP) is 0.793. The molecule has 0 amide bonds. The minimum Gasteiger partial charge on any atom is -0.389 e. The molecule has 5 atom stereocenters. The van der Waals surface area contributed by atoms with E-state index in [1.165, 1.54) is 11.8 Å². The lowest BCUT2D eigenvalue weighted by molar-refractivity contribution is -0.142. The zero-order chi connectivity index (χ0) is 13.5. The number of thioether (sulfide) groups is 2. The average molecular weight is 302 g/mol.